The van der Waals surface area contributed by atoms with Gasteiger partial charge in [0.15, 0.2) is 0 Å². The van der Waals surface area contributed by atoms with E-state index in [2.05, 4.69) is 256 Å². The highest BCUT2D eigenvalue weighted by molar-refractivity contribution is 9.10. The van der Waals surface area contributed by atoms with Crippen molar-refractivity contribution < 1.29 is 0 Å². The lowest BCUT2D eigenvalue weighted by molar-refractivity contribution is 1.11. The number of aromatic nitrogens is 4. The van der Waals surface area contributed by atoms with E-state index < -0.39 is 0 Å². The Balaban J connectivity index is 0.000000136. The standard InChI is InChI=1S/C38H27N3.C20H15N3.C18H13Br/c1-5-15-28(16-6-1)31-25-26-36(34(27-31)29-17-7-2-8-18-29)41(32-21-11-4-12-22-32)38-39-35-24-14-13-23-33(35)37(40-38)30-19-9-3-10-20-30;1-3-9-15(10-4-1)19-17-13-7-8-14-18(17)22-20(23-19)21-16-11-5-2-6-12-16;19-18-12-11-16(14-7-3-1-4-8-14)13-17(18)15-9-5-2-6-10-15/h1-27H;1-14H,(H,21,22,23);1-13H. The molecular formula is C76H55BrN6. The molecule has 2 heterocycles. The van der Waals surface area contributed by atoms with Crippen LogP contribution < -0.4 is 10.2 Å². The van der Waals surface area contributed by atoms with Gasteiger partial charge in [0, 0.05) is 43.3 Å². The first-order chi connectivity index (χ1) is 41.1. The summed E-state index contributed by atoms with van der Waals surface area (Å²) in [6.07, 6.45) is 0. The van der Waals surface area contributed by atoms with Crippen LogP contribution in [0, 0.1) is 0 Å². The molecule has 0 amide bonds. The first-order valence-corrected chi connectivity index (χ1v) is 28.4. The summed E-state index contributed by atoms with van der Waals surface area (Å²) in [6, 6.07) is 112. The van der Waals surface area contributed by atoms with Crippen LogP contribution >= 0.6 is 15.9 Å². The molecule has 0 fully saturated rings. The minimum absolute atomic E-state index is 0.605. The third kappa shape index (κ3) is 12.6. The smallest absolute Gasteiger partial charge is 0.235 e. The maximum atomic E-state index is 5.25. The van der Waals surface area contributed by atoms with Crippen molar-refractivity contribution in [2.75, 3.05) is 10.2 Å². The lowest BCUT2D eigenvalue weighted by Gasteiger charge is -2.27. The number of fused-ring (bicyclic) bond motifs is 2. The van der Waals surface area contributed by atoms with Gasteiger partial charge in [0.25, 0.3) is 0 Å². The van der Waals surface area contributed by atoms with Crippen LogP contribution in [0.2, 0.25) is 0 Å². The number of hydrogen-bond acceptors (Lipinski definition) is 6. The molecule has 0 aliphatic carbocycles. The highest BCUT2D eigenvalue weighted by Gasteiger charge is 2.22. The van der Waals surface area contributed by atoms with Crippen LogP contribution in [0.5, 0.6) is 0 Å². The van der Waals surface area contributed by atoms with E-state index in [0.29, 0.717) is 11.9 Å². The topological polar surface area (TPSA) is 66.8 Å². The Morgan fingerprint density at radius 1 is 0.289 bits per heavy atom. The average Bonchev–Trinajstić information content (AvgIpc) is 3.76. The molecule has 2 aromatic heterocycles. The van der Waals surface area contributed by atoms with Gasteiger partial charge in [-0.05, 0) is 99.6 Å². The average molecular weight is 1130 g/mol. The summed E-state index contributed by atoms with van der Waals surface area (Å²) >= 11 is 3.64. The highest BCUT2D eigenvalue weighted by atomic mass is 79.9. The van der Waals surface area contributed by atoms with Crippen LogP contribution in [0.1, 0.15) is 0 Å². The van der Waals surface area contributed by atoms with E-state index in [1.54, 1.807) is 0 Å². The SMILES string of the molecule is Brc1ccc(-c2ccccc2)cc1-c1ccccc1.c1ccc(-c2ccc(N(c3ccccc3)c3nc(-c4ccccc4)c4ccccc4n3)c(-c3ccccc3)c2)cc1.c1ccc(Nc2nc(-c3ccccc3)c3ccccc3n2)cc1. The van der Waals surface area contributed by atoms with Crippen molar-refractivity contribution >= 4 is 66.7 Å². The van der Waals surface area contributed by atoms with Crippen molar-refractivity contribution in [3.63, 3.8) is 0 Å². The second-order valence-corrected chi connectivity index (χ2v) is 20.4. The van der Waals surface area contributed by atoms with Gasteiger partial charge in [-0.3, -0.25) is 4.90 Å². The lowest BCUT2D eigenvalue weighted by atomic mass is 9.96. The number of para-hydroxylation sites is 4. The number of hydrogen-bond donors (Lipinski definition) is 1. The monoisotopic (exact) mass is 1130 g/mol. The van der Waals surface area contributed by atoms with Crippen LogP contribution in [-0.4, -0.2) is 19.9 Å². The molecule has 0 unspecified atom stereocenters. The highest BCUT2D eigenvalue weighted by Crippen LogP contribution is 2.43. The van der Waals surface area contributed by atoms with Crippen molar-refractivity contribution in [3.05, 3.63) is 332 Å². The molecular weight excluding hydrogens is 1080 g/mol. The second-order valence-electron chi connectivity index (χ2n) is 19.6. The fourth-order valence-electron chi connectivity index (χ4n) is 10.1. The molecule has 0 aliphatic heterocycles. The molecule has 0 saturated carbocycles. The summed E-state index contributed by atoms with van der Waals surface area (Å²) in [5.41, 5.74) is 18.3. The van der Waals surface area contributed by atoms with Crippen molar-refractivity contribution in [1.82, 2.24) is 19.9 Å². The summed E-state index contributed by atoms with van der Waals surface area (Å²) in [5.74, 6) is 1.23. The van der Waals surface area contributed by atoms with E-state index in [-0.39, 0.29) is 0 Å². The quantitative estimate of drug-likeness (QED) is 0.139. The largest absolute Gasteiger partial charge is 0.324 e. The first kappa shape index (κ1) is 53.1. The van der Waals surface area contributed by atoms with E-state index in [0.717, 1.165) is 82.5 Å². The van der Waals surface area contributed by atoms with Gasteiger partial charge in [0.2, 0.25) is 11.9 Å². The summed E-state index contributed by atoms with van der Waals surface area (Å²) in [4.78, 5) is 22.0. The fraction of sp³-hybridized carbons (Fsp3) is 0. The van der Waals surface area contributed by atoms with E-state index in [1.165, 1.54) is 27.8 Å². The summed E-state index contributed by atoms with van der Waals surface area (Å²) < 4.78 is 1.12. The van der Waals surface area contributed by atoms with Gasteiger partial charge in [0.1, 0.15) is 0 Å². The number of rotatable bonds is 11. The van der Waals surface area contributed by atoms with Crippen molar-refractivity contribution in [2.45, 2.75) is 0 Å². The minimum atomic E-state index is 0.605. The Bertz CT molecular complexity index is 4390. The normalized spacial score (nSPS) is 10.7. The van der Waals surface area contributed by atoms with Crippen molar-refractivity contribution in [3.8, 4) is 67.0 Å². The molecule has 0 radical (unpaired) electrons. The third-order valence-electron chi connectivity index (χ3n) is 14.1. The lowest BCUT2D eigenvalue weighted by Crippen LogP contribution is -2.15. The Labute approximate surface area is 492 Å². The Morgan fingerprint density at radius 3 is 1.19 bits per heavy atom. The van der Waals surface area contributed by atoms with Gasteiger partial charge < -0.3 is 5.32 Å². The molecule has 0 atom stereocenters. The number of anilines is 5. The van der Waals surface area contributed by atoms with Crippen molar-refractivity contribution in [1.29, 1.82) is 0 Å². The molecule has 0 spiro atoms. The number of nitrogens with one attached hydrogen (secondary N) is 1. The summed E-state index contributed by atoms with van der Waals surface area (Å²) in [5, 5.41) is 5.36. The molecule has 7 heteroatoms. The van der Waals surface area contributed by atoms with Crippen molar-refractivity contribution in [2.24, 2.45) is 0 Å². The predicted octanol–water partition coefficient (Wildman–Crippen LogP) is 20.9. The maximum absolute atomic E-state index is 5.25. The molecule has 6 nitrogen and oxygen atoms in total. The summed E-state index contributed by atoms with van der Waals surface area (Å²) in [7, 11) is 0. The zero-order valence-electron chi connectivity index (χ0n) is 45.3. The van der Waals surface area contributed by atoms with Gasteiger partial charge in [-0.25, -0.2) is 19.9 Å². The Kier molecular flexibility index (Phi) is 16.4. The second kappa shape index (κ2) is 25.7. The molecule has 0 bridgehead atoms. The molecule has 14 aromatic rings. The van der Waals surface area contributed by atoms with Crippen LogP contribution in [0.15, 0.2) is 332 Å². The zero-order chi connectivity index (χ0) is 56.0. The van der Waals surface area contributed by atoms with E-state index in [9.17, 15) is 0 Å². The van der Waals surface area contributed by atoms with Gasteiger partial charge in [-0.15, -0.1) is 0 Å². The minimum Gasteiger partial charge on any atom is -0.324 e. The predicted molar refractivity (Wildman–Crippen MR) is 350 cm³/mol. The van der Waals surface area contributed by atoms with Gasteiger partial charge in [-0.1, -0.05) is 283 Å². The fourth-order valence-corrected chi connectivity index (χ4v) is 10.6. The summed E-state index contributed by atoms with van der Waals surface area (Å²) in [6.45, 7) is 0. The number of halogens is 1. The van der Waals surface area contributed by atoms with Crippen LogP contribution in [0.4, 0.5) is 29.0 Å². The molecule has 83 heavy (non-hydrogen) atoms. The molecule has 1 N–H and O–H groups in total. The van der Waals surface area contributed by atoms with E-state index in [1.807, 2.05) is 103 Å². The first-order valence-electron chi connectivity index (χ1n) is 27.6. The number of nitrogens with zero attached hydrogens (tertiary/aromatic N) is 5. The third-order valence-corrected chi connectivity index (χ3v) is 14.8. The molecule has 0 aliphatic rings. The molecule has 0 saturated heterocycles. The van der Waals surface area contributed by atoms with Gasteiger partial charge in [0.05, 0.1) is 28.1 Å². The zero-order valence-corrected chi connectivity index (χ0v) is 46.9. The molecule has 14 rings (SSSR count). The maximum Gasteiger partial charge on any atom is 0.235 e. The Hall–Kier alpha value is -10.6. The van der Waals surface area contributed by atoms with Gasteiger partial charge in [-0.2, -0.15) is 0 Å². The molecule has 396 valence electrons. The van der Waals surface area contributed by atoms with Gasteiger partial charge >= 0.3 is 0 Å². The number of benzene rings is 12. The van der Waals surface area contributed by atoms with Crippen LogP contribution in [0.3, 0.4) is 0 Å². The van der Waals surface area contributed by atoms with E-state index in [4.69, 9.17) is 15.0 Å². The van der Waals surface area contributed by atoms with Crippen LogP contribution in [-0.2, 0) is 0 Å². The van der Waals surface area contributed by atoms with Crippen LogP contribution in [0.25, 0.3) is 88.8 Å². The Morgan fingerprint density at radius 2 is 0.675 bits per heavy atom. The molecule has 12 aromatic carbocycles. The van der Waals surface area contributed by atoms with E-state index >= 15 is 0 Å².